The number of rotatable bonds is 5. The molecule has 0 unspecified atom stereocenters. The van der Waals surface area contributed by atoms with Crippen molar-refractivity contribution in [2.75, 3.05) is 7.11 Å². The van der Waals surface area contributed by atoms with Crippen molar-refractivity contribution in [2.45, 2.75) is 33.2 Å². The second-order valence-corrected chi connectivity index (χ2v) is 5.51. The summed E-state index contributed by atoms with van der Waals surface area (Å²) < 4.78 is 5.17. The van der Waals surface area contributed by atoms with Gasteiger partial charge >= 0.3 is 0 Å². The Balaban J connectivity index is 2.18. The summed E-state index contributed by atoms with van der Waals surface area (Å²) in [5.41, 5.74) is 4.26. The molecule has 0 aromatic heterocycles. The van der Waals surface area contributed by atoms with Gasteiger partial charge in [-0.15, -0.1) is 0 Å². The second-order valence-electron chi connectivity index (χ2n) is 5.51. The Morgan fingerprint density at radius 2 is 1.91 bits per heavy atom. The van der Waals surface area contributed by atoms with Gasteiger partial charge in [-0.05, 0) is 55.2 Å². The molecule has 2 aromatic carbocycles. The Hall–Kier alpha value is -2.29. The molecule has 0 heterocycles. The number of amides is 1. The predicted molar refractivity (Wildman–Crippen MR) is 89.4 cm³/mol. The third-order valence-corrected chi connectivity index (χ3v) is 3.98. The van der Waals surface area contributed by atoms with E-state index in [4.69, 9.17) is 4.74 Å². The van der Waals surface area contributed by atoms with Crippen LogP contribution in [0, 0.1) is 13.8 Å². The van der Waals surface area contributed by atoms with Crippen LogP contribution in [0.3, 0.4) is 0 Å². The number of benzene rings is 2. The molecular formula is C19H23NO2. The monoisotopic (exact) mass is 297 g/mol. The summed E-state index contributed by atoms with van der Waals surface area (Å²) >= 11 is 0. The third-order valence-electron chi connectivity index (χ3n) is 3.98. The minimum absolute atomic E-state index is 0.0120. The first kappa shape index (κ1) is 16.1. The molecule has 1 amide bonds. The molecular weight excluding hydrogens is 274 g/mol. The van der Waals surface area contributed by atoms with Gasteiger partial charge in [0.05, 0.1) is 13.2 Å². The van der Waals surface area contributed by atoms with Crippen LogP contribution >= 0.6 is 0 Å². The molecule has 0 spiro atoms. The maximum absolute atomic E-state index is 12.4. The Morgan fingerprint density at radius 3 is 2.55 bits per heavy atom. The van der Waals surface area contributed by atoms with Crippen molar-refractivity contribution in [3.05, 3.63) is 64.7 Å². The van der Waals surface area contributed by atoms with E-state index in [1.54, 1.807) is 19.2 Å². The lowest BCUT2D eigenvalue weighted by atomic mass is 9.99. The molecule has 2 rings (SSSR count). The van der Waals surface area contributed by atoms with Gasteiger partial charge in [-0.1, -0.05) is 31.2 Å². The van der Waals surface area contributed by atoms with E-state index in [1.807, 2.05) is 12.1 Å². The van der Waals surface area contributed by atoms with Crippen LogP contribution in [0.15, 0.2) is 42.5 Å². The molecule has 116 valence electrons. The molecule has 22 heavy (non-hydrogen) atoms. The molecule has 0 saturated heterocycles. The number of carbonyl (C=O) groups is 1. The van der Waals surface area contributed by atoms with Crippen LogP contribution in [0.5, 0.6) is 5.75 Å². The van der Waals surface area contributed by atoms with Crippen LogP contribution in [-0.4, -0.2) is 13.0 Å². The molecule has 0 saturated carbocycles. The molecule has 0 aliphatic heterocycles. The number of carbonyl (C=O) groups excluding carboxylic acids is 1. The largest absolute Gasteiger partial charge is 0.497 e. The average Bonchev–Trinajstić information content (AvgIpc) is 2.55. The number of nitrogens with one attached hydrogen (secondary N) is 1. The number of methoxy groups -OCH3 is 1. The van der Waals surface area contributed by atoms with Gasteiger partial charge in [-0.25, -0.2) is 0 Å². The summed E-state index contributed by atoms with van der Waals surface area (Å²) in [6.07, 6.45) is 0.845. The zero-order valence-electron chi connectivity index (χ0n) is 13.6. The van der Waals surface area contributed by atoms with Crippen molar-refractivity contribution >= 4 is 5.91 Å². The summed E-state index contributed by atoms with van der Waals surface area (Å²) in [4.78, 5) is 12.4. The quantitative estimate of drug-likeness (QED) is 0.898. The molecule has 0 aliphatic carbocycles. The van der Waals surface area contributed by atoms with Crippen molar-refractivity contribution in [1.29, 1.82) is 0 Å². The fraction of sp³-hybridized carbons (Fsp3) is 0.316. The number of ether oxygens (including phenoxy) is 1. The van der Waals surface area contributed by atoms with Crippen LogP contribution in [0.2, 0.25) is 0 Å². The van der Waals surface area contributed by atoms with Gasteiger partial charge in [0.2, 0.25) is 0 Å². The molecule has 3 heteroatoms. The lowest BCUT2D eigenvalue weighted by Crippen LogP contribution is -2.28. The van der Waals surface area contributed by atoms with Crippen LogP contribution in [0.1, 0.15) is 46.4 Å². The molecule has 3 nitrogen and oxygen atoms in total. The Kier molecular flexibility index (Phi) is 5.21. The van der Waals surface area contributed by atoms with E-state index in [-0.39, 0.29) is 11.9 Å². The smallest absolute Gasteiger partial charge is 0.251 e. The van der Waals surface area contributed by atoms with Gasteiger partial charge in [0.25, 0.3) is 5.91 Å². The summed E-state index contributed by atoms with van der Waals surface area (Å²) in [5, 5.41) is 3.10. The zero-order valence-corrected chi connectivity index (χ0v) is 13.6. The normalized spacial score (nSPS) is 11.8. The third kappa shape index (κ3) is 3.67. The van der Waals surface area contributed by atoms with Gasteiger partial charge in [-0.2, -0.15) is 0 Å². The zero-order chi connectivity index (χ0) is 16.1. The Morgan fingerprint density at radius 1 is 1.14 bits per heavy atom. The van der Waals surface area contributed by atoms with Crippen molar-refractivity contribution < 1.29 is 9.53 Å². The highest BCUT2D eigenvalue weighted by molar-refractivity contribution is 5.94. The van der Waals surface area contributed by atoms with Gasteiger partial charge in [0, 0.05) is 5.56 Å². The SMILES string of the molecule is CC[C@@H](NC(=O)c1cccc(OC)c1)c1ccc(C)c(C)c1. The predicted octanol–water partition coefficient (Wildman–Crippen LogP) is 4.19. The van der Waals surface area contributed by atoms with Crippen LogP contribution < -0.4 is 10.1 Å². The van der Waals surface area contributed by atoms with E-state index >= 15 is 0 Å². The van der Waals surface area contributed by atoms with Crippen LogP contribution in [0.25, 0.3) is 0 Å². The summed E-state index contributed by atoms with van der Waals surface area (Å²) in [5.74, 6) is 0.607. The van der Waals surface area contributed by atoms with E-state index in [2.05, 4.69) is 44.3 Å². The molecule has 2 aromatic rings. The molecule has 0 aliphatic rings. The number of aryl methyl sites for hydroxylation is 2. The fourth-order valence-corrected chi connectivity index (χ4v) is 2.41. The standard InChI is InChI=1S/C19H23NO2/c1-5-18(15-10-9-13(2)14(3)11-15)20-19(21)16-7-6-8-17(12-16)22-4/h6-12,18H,5H2,1-4H3,(H,20,21)/t18-/m1/s1. The van der Waals surface area contributed by atoms with Crippen molar-refractivity contribution in [1.82, 2.24) is 5.32 Å². The lowest BCUT2D eigenvalue weighted by Gasteiger charge is -2.19. The average molecular weight is 297 g/mol. The van der Waals surface area contributed by atoms with Crippen molar-refractivity contribution in [3.8, 4) is 5.75 Å². The highest BCUT2D eigenvalue weighted by Gasteiger charge is 2.15. The first-order chi connectivity index (χ1) is 10.5. The maximum Gasteiger partial charge on any atom is 0.251 e. The maximum atomic E-state index is 12.4. The van der Waals surface area contributed by atoms with Crippen LogP contribution in [0.4, 0.5) is 0 Å². The number of hydrogen-bond acceptors (Lipinski definition) is 2. The van der Waals surface area contributed by atoms with E-state index in [9.17, 15) is 4.79 Å². The van der Waals surface area contributed by atoms with Gasteiger partial charge < -0.3 is 10.1 Å². The summed E-state index contributed by atoms with van der Waals surface area (Å²) in [7, 11) is 1.60. The highest BCUT2D eigenvalue weighted by atomic mass is 16.5. The van der Waals surface area contributed by atoms with E-state index in [0.717, 1.165) is 12.0 Å². The first-order valence-corrected chi connectivity index (χ1v) is 7.57. The Bertz CT molecular complexity index is 664. The molecule has 0 fully saturated rings. The minimum Gasteiger partial charge on any atom is -0.497 e. The molecule has 1 atom stereocenters. The molecule has 0 bridgehead atoms. The minimum atomic E-state index is -0.0796. The number of hydrogen-bond donors (Lipinski definition) is 1. The van der Waals surface area contributed by atoms with Gasteiger partial charge in [0.15, 0.2) is 0 Å². The van der Waals surface area contributed by atoms with Gasteiger partial charge in [0.1, 0.15) is 5.75 Å². The highest BCUT2D eigenvalue weighted by Crippen LogP contribution is 2.21. The second kappa shape index (κ2) is 7.12. The van der Waals surface area contributed by atoms with E-state index in [1.165, 1.54) is 11.1 Å². The van der Waals surface area contributed by atoms with E-state index in [0.29, 0.717) is 11.3 Å². The summed E-state index contributed by atoms with van der Waals surface area (Å²) in [6.45, 7) is 6.26. The molecule has 1 N–H and O–H groups in total. The summed E-state index contributed by atoms with van der Waals surface area (Å²) in [6, 6.07) is 13.6. The molecule has 0 radical (unpaired) electrons. The van der Waals surface area contributed by atoms with Gasteiger partial charge in [-0.3, -0.25) is 4.79 Å². The lowest BCUT2D eigenvalue weighted by molar-refractivity contribution is 0.0935. The van der Waals surface area contributed by atoms with E-state index < -0.39 is 0 Å². The Labute approximate surface area is 132 Å². The first-order valence-electron chi connectivity index (χ1n) is 7.57. The van der Waals surface area contributed by atoms with Crippen molar-refractivity contribution in [2.24, 2.45) is 0 Å². The topological polar surface area (TPSA) is 38.3 Å². The van der Waals surface area contributed by atoms with Crippen molar-refractivity contribution in [3.63, 3.8) is 0 Å². The van der Waals surface area contributed by atoms with Crippen LogP contribution in [-0.2, 0) is 0 Å². The fourth-order valence-electron chi connectivity index (χ4n) is 2.41.